The molecule has 0 aliphatic heterocycles. The van der Waals surface area contributed by atoms with Gasteiger partial charge in [0, 0.05) is 24.2 Å². The number of H-pyrrole nitrogens is 1. The number of hydrogen-bond donors (Lipinski definition) is 1. The highest BCUT2D eigenvalue weighted by Crippen LogP contribution is 2.20. The zero-order valence-electron chi connectivity index (χ0n) is 13.5. The summed E-state index contributed by atoms with van der Waals surface area (Å²) >= 11 is 1.30. The van der Waals surface area contributed by atoms with E-state index in [0.717, 1.165) is 0 Å². The highest BCUT2D eigenvalue weighted by Gasteiger charge is 2.18. The highest BCUT2D eigenvalue weighted by atomic mass is 32.1. The summed E-state index contributed by atoms with van der Waals surface area (Å²) in [6.07, 6.45) is 0. The van der Waals surface area contributed by atoms with Crippen molar-refractivity contribution in [2.75, 3.05) is 7.05 Å². The van der Waals surface area contributed by atoms with Crippen molar-refractivity contribution in [3.63, 3.8) is 0 Å². The summed E-state index contributed by atoms with van der Waals surface area (Å²) in [6.45, 7) is 1.70. The number of rotatable bonds is 4. The van der Waals surface area contributed by atoms with Crippen molar-refractivity contribution in [1.82, 2.24) is 14.9 Å². The number of hydrogen-bond acceptors (Lipinski definition) is 6. The van der Waals surface area contributed by atoms with Gasteiger partial charge in [-0.15, -0.1) is 11.3 Å². The zero-order valence-corrected chi connectivity index (χ0v) is 14.3. The van der Waals surface area contributed by atoms with Crippen LogP contribution in [-0.4, -0.2) is 32.7 Å². The molecule has 0 fully saturated rings. The molecule has 1 N–H and O–H groups in total. The Morgan fingerprint density at radius 1 is 1.40 bits per heavy atom. The number of carbonyl (C=O) groups excluding carboxylic acids is 1. The summed E-state index contributed by atoms with van der Waals surface area (Å²) in [7, 11) is 1.55. The molecule has 0 unspecified atom stereocenters. The molecule has 0 radical (unpaired) electrons. The Morgan fingerprint density at radius 2 is 2.16 bits per heavy atom. The van der Waals surface area contributed by atoms with Crippen LogP contribution in [-0.2, 0) is 6.54 Å². The molecule has 1 amide bonds. The lowest BCUT2D eigenvalue weighted by Gasteiger charge is -2.16. The Bertz CT molecular complexity index is 1040. The van der Waals surface area contributed by atoms with Crippen molar-refractivity contribution in [3.8, 4) is 0 Å². The average molecular weight is 358 g/mol. The molecule has 25 heavy (non-hydrogen) atoms. The fourth-order valence-corrected chi connectivity index (χ4v) is 3.18. The molecule has 0 aliphatic carbocycles. The number of nitrogens with one attached hydrogen (secondary N) is 1. The van der Waals surface area contributed by atoms with E-state index in [2.05, 4.69) is 9.97 Å². The molecule has 128 valence electrons. The van der Waals surface area contributed by atoms with Crippen molar-refractivity contribution in [2.24, 2.45) is 0 Å². The van der Waals surface area contributed by atoms with Crippen LogP contribution in [0.25, 0.3) is 10.2 Å². The maximum atomic E-state index is 12.5. The lowest BCUT2D eigenvalue weighted by Crippen LogP contribution is -2.28. The molecule has 1 aromatic carbocycles. The molecule has 0 spiro atoms. The van der Waals surface area contributed by atoms with Gasteiger partial charge in [-0.2, -0.15) is 0 Å². The molecule has 0 atom stereocenters. The number of nitrogens with zero attached hydrogens (tertiary/aromatic N) is 3. The van der Waals surface area contributed by atoms with Crippen molar-refractivity contribution < 1.29 is 9.72 Å². The molecule has 3 aromatic rings. The summed E-state index contributed by atoms with van der Waals surface area (Å²) in [5, 5.41) is 12.8. The second-order valence-corrected chi connectivity index (χ2v) is 6.48. The molecule has 0 saturated carbocycles. The highest BCUT2D eigenvalue weighted by molar-refractivity contribution is 7.17. The van der Waals surface area contributed by atoms with Crippen molar-refractivity contribution in [1.29, 1.82) is 0 Å². The van der Waals surface area contributed by atoms with Crippen LogP contribution in [0, 0.1) is 17.0 Å². The number of nitro benzene ring substituents is 1. The quantitative estimate of drug-likeness (QED) is 0.569. The fraction of sp³-hybridized carbons (Fsp3) is 0.188. The lowest BCUT2D eigenvalue weighted by atomic mass is 10.1. The fourth-order valence-electron chi connectivity index (χ4n) is 2.45. The third-order valence-corrected chi connectivity index (χ3v) is 4.65. The van der Waals surface area contributed by atoms with Gasteiger partial charge in [-0.05, 0) is 24.4 Å². The predicted octanol–water partition coefficient (Wildman–Crippen LogP) is 2.47. The first-order valence-electron chi connectivity index (χ1n) is 7.33. The Morgan fingerprint density at radius 3 is 2.88 bits per heavy atom. The summed E-state index contributed by atoms with van der Waals surface area (Å²) in [5.74, 6) is -0.0375. The SMILES string of the molecule is Cc1ccc(C(=O)N(C)Cc2nc3ccsc3c(=O)[nH]2)cc1[N+](=O)[O-]. The molecule has 2 heterocycles. The van der Waals surface area contributed by atoms with E-state index in [0.29, 0.717) is 21.6 Å². The van der Waals surface area contributed by atoms with E-state index in [4.69, 9.17) is 0 Å². The number of aryl methyl sites for hydroxylation is 1. The first-order chi connectivity index (χ1) is 11.9. The molecule has 9 heteroatoms. The Hall–Kier alpha value is -3.07. The number of aromatic nitrogens is 2. The summed E-state index contributed by atoms with van der Waals surface area (Å²) in [6, 6.07) is 6.08. The standard InChI is InChI=1S/C16H14N4O4S/c1-9-3-4-10(7-12(9)20(23)24)16(22)19(2)8-13-17-11-5-6-25-14(11)15(21)18-13/h3-7H,8H2,1-2H3,(H,17,18,21). The van der Waals surface area contributed by atoms with Gasteiger partial charge in [0.05, 0.1) is 17.0 Å². The largest absolute Gasteiger partial charge is 0.334 e. The lowest BCUT2D eigenvalue weighted by molar-refractivity contribution is -0.385. The zero-order chi connectivity index (χ0) is 18.1. The van der Waals surface area contributed by atoms with Gasteiger partial charge in [-0.25, -0.2) is 4.98 Å². The van der Waals surface area contributed by atoms with Gasteiger partial charge < -0.3 is 9.88 Å². The maximum Gasteiger partial charge on any atom is 0.273 e. The van der Waals surface area contributed by atoms with E-state index in [1.54, 1.807) is 31.5 Å². The Kier molecular flexibility index (Phi) is 4.32. The van der Waals surface area contributed by atoms with E-state index in [9.17, 15) is 19.7 Å². The maximum absolute atomic E-state index is 12.5. The summed E-state index contributed by atoms with van der Waals surface area (Å²) in [4.78, 5) is 43.3. The van der Waals surface area contributed by atoms with Gasteiger partial charge in [0.15, 0.2) is 0 Å². The van der Waals surface area contributed by atoms with E-state index in [1.807, 2.05) is 0 Å². The molecule has 2 aromatic heterocycles. The van der Waals surface area contributed by atoms with Crippen LogP contribution in [0.5, 0.6) is 0 Å². The average Bonchev–Trinajstić information content (AvgIpc) is 3.03. The third-order valence-electron chi connectivity index (χ3n) is 3.75. The van der Waals surface area contributed by atoms with Gasteiger partial charge in [0.25, 0.3) is 17.2 Å². The van der Waals surface area contributed by atoms with E-state index >= 15 is 0 Å². The molecule has 0 aliphatic rings. The topological polar surface area (TPSA) is 109 Å². The monoisotopic (exact) mass is 358 g/mol. The Labute approximate surface area is 145 Å². The van der Waals surface area contributed by atoms with Gasteiger partial charge in [-0.1, -0.05) is 6.07 Å². The number of carbonyl (C=O) groups is 1. The van der Waals surface area contributed by atoms with Crippen LogP contribution < -0.4 is 5.56 Å². The van der Waals surface area contributed by atoms with Crippen LogP contribution >= 0.6 is 11.3 Å². The minimum absolute atomic E-state index is 0.0849. The van der Waals surface area contributed by atoms with Gasteiger partial charge >= 0.3 is 0 Å². The number of thiophene rings is 1. The van der Waals surface area contributed by atoms with Gasteiger partial charge in [0.1, 0.15) is 10.5 Å². The molecular formula is C16H14N4O4S. The van der Waals surface area contributed by atoms with Gasteiger partial charge in [-0.3, -0.25) is 19.7 Å². The van der Waals surface area contributed by atoms with Crippen LogP contribution in [0.2, 0.25) is 0 Å². The number of benzene rings is 1. The van der Waals surface area contributed by atoms with Crippen molar-refractivity contribution in [2.45, 2.75) is 13.5 Å². The van der Waals surface area contributed by atoms with Crippen LogP contribution in [0.1, 0.15) is 21.7 Å². The van der Waals surface area contributed by atoms with E-state index in [1.165, 1.54) is 28.4 Å². The Balaban J connectivity index is 1.86. The van der Waals surface area contributed by atoms with Crippen molar-refractivity contribution >= 4 is 33.1 Å². The molecule has 0 saturated heterocycles. The number of aromatic amines is 1. The first kappa shape index (κ1) is 16.8. The minimum atomic E-state index is -0.518. The van der Waals surface area contributed by atoms with Gasteiger partial charge in [0.2, 0.25) is 0 Å². The summed E-state index contributed by atoms with van der Waals surface area (Å²) in [5.41, 5.74) is 0.916. The summed E-state index contributed by atoms with van der Waals surface area (Å²) < 4.78 is 0.534. The third kappa shape index (κ3) is 3.26. The van der Waals surface area contributed by atoms with Crippen LogP contribution in [0.3, 0.4) is 0 Å². The number of nitro groups is 1. The normalized spacial score (nSPS) is 10.8. The number of amides is 1. The molecule has 0 bridgehead atoms. The van der Waals surface area contributed by atoms with Crippen LogP contribution in [0.15, 0.2) is 34.4 Å². The smallest absolute Gasteiger partial charge is 0.273 e. The van der Waals surface area contributed by atoms with E-state index in [-0.39, 0.29) is 23.4 Å². The first-order valence-corrected chi connectivity index (χ1v) is 8.21. The predicted molar refractivity (Wildman–Crippen MR) is 93.9 cm³/mol. The van der Waals surface area contributed by atoms with Crippen LogP contribution in [0.4, 0.5) is 5.69 Å². The molecular weight excluding hydrogens is 344 g/mol. The minimum Gasteiger partial charge on any atom is -0.334 e. The molecule has 8 nitrogen and oxygen atoms in total. The number of fused-ring (bicyclic) bond motifs is 1. The van der Waals surface area contributed by atoms with Crippen molar-refractivity contribution in [3.05, 3.63) is 67.1 Å². The second-order valence-electron chi connectivity index (χ2n) is 5.57. The van der Waals surface area contributed by atoms with E-state index < -0.39 is 10.8 Å². The second kappa shape index (κ2) is 6.44. The molecule has 3 rings (SSSR count).